The molecule has 30 heavy (non-hydrogen) atoms. The number of nitrogens with zero attached hydrogens (tertiary/aromatic N) is 2. The van der Waals surface area contributed by atoms with Gasteiger partial charge in [0.15, 0.2) is 0 Å². The predicted octanol–water partition coefficient (Wildman–Crippen LogP) is 3.74. The molecule has 154 valence electrons. The van der Waals surface area contributed by atoms with Crippen LogP contribution >= 0.6 is 0 Å². The lowest BCUT2D eigenvalue weighted by atomic mass is 10.2. The summed E-state index contributed by atoms with van der Waals surface area (Å²) in [6.07, 6.45) is 1.59. The number of phenols is 1. The Morgan fingerprint density at radius 2 is 1.70 bits per heavy atom. The largest absolute Gasteiger partial charge is 0.508 e. The molecule has 0 bridgehead atoms. The molecule has 0 atom stereocenters. The van der Waals surface area contributed by atoms with Crippen molar-refractivity contribution in [3.8, 4) is 11.4 Å². The topological polar surface area (TPSA) is 92.9 Å². The molecule has 2 aromatic carbocycles. The molecule has 0 fully saturated rings. The molecule has 0 unspecified atom stereocenters. The molecule has 0 spiro atoms. The van der Waals surface area contributed by atoms with Crippen LogP contribution in [-0.2, 0) is 4.74 Å². The van der Waals surface area contributed by atoms with E-state index in [9.17, 15) is 14.7 Å². The molecule has 1 amide bonds. The first kappa shape index (κ1) is 20.9. The maximum absolute atomic E-state index is 12.1. The maximum atomic E-state index is 12.1. The molecule has 1 aromatic heterocycles. The van der Waals surface area contributed by atoms with Gasteiger partial charge in [0.25, 0.3) is 5.91 Å². The number of aryl methyl sites for hydroxylation is 1. The van der Waals surface area contributed by atoms with Gasteiger partial charge < -0.3 is 14.4 Å². The number of hydrogen-bond acceptors (Lipinski definition) is 5. The summed E-state index contributed by atoms with van der Waals surface area (Å²) < 4.78 is 7.06. The van der Waals surface area contributed by atoms with Gasteiger partial charge in [0.2, 0.25) is 0 Å². The van der Waals surface area contributed by atoms with Gasteiger partial charge in [0.1, 0.15) is 5.75 Å². The number of carbonyl (C=O) groups is 2. The molecule has 3 rings (SSSR count). The predicted molar refractivity (Wildman–Crippen MR) is 114 cm³/mol. The summed E-state index contributed by atoms with van der Waals surface area (Å²) in [6, 6.07) is 15.1. The van der Waals surface area contributed by atoms with Gasteiger partial charge >= 0.3 is 5.97 Å². The molecule has 0 saturated carbocycles. The molecule has 0 aliphatic carbocycles. The highest BCUT2D eigenvalue weighted by molar-refractivity contribution is 5.95. The molecule has 0 radical (unpaired) electrons. The van der Waals surface area contributed by atoms with Gasteiger partial charge in [-0.05, 0) is 75.4 Å². The van der Waals surface area contributed by atoms with Crippen LogP contribution in [0.1, 0.15) is 44.6 Å². The molecular weight excluding hydrogens is 382 g/mol. The summed E-state index contributed by atoms with van der Waals surface area (Å²) in [5.74, 6) is -0.616. The summed E-state index contributed by atoms with van der Waals surface area (Å²) in [6.45, 7) is 6.03. The number of ether oxygens (including phenoxy) is 1. The van der Waals surface area contributed by atoms with E-state index in [2.05, 4.69) is 10.5 Å². The van der Waals surface area contributed by atoms with E-state index in [0.29, 0.717) is 17.7 Å². The van der Waals surface area contributed by atoms with Crippen molar-refractivity contribution in [1.29, 1.82) is 0 Å². The van der Waals surface area contributed by atoms with Crippen molar-refractivity contribution in [2.24, 2.45) is 5.10 Å². The van der Waals surface area contributed by atoms with Gasteiger partial charge in [0.05, 0.1) is 18.4 Å². The normalized spacial score (nSPS) is 10.9. The third kappa shape index (κ3) is 4.57. The Bertz CT molecular complexity index is 1080. The summed E-state index contributed by atoms with van der Waals surface area (Å²) >= 11 is 0. The lowest BCUT2D eigenvalue weighted by Gasteiger charge is -2.10. The molecule has 3 aromatic rings. The first-order valence-corrected chi connectivity index (χ1v) is 9.49. The number of nitrogens with one attached hydrogen (secondary N) is 1. The van der Waals surface area contributed by atoms with Crippen molar-refractivity contribution >= 4 is 18.1 Å². The first-order valence-electron chi connectivity index (χ1n) is 9.49. The van der Waals surface area contributed by atoms with Crippen LogP contribution in [0, 0.1) is 13.8 Å². The number of aromatic nitrogens is 1. The quantitative estimate of drug-likeness (QED) is 0.371. The van der Waals surface area contributed by atoms with Crippen LogP contribution in [0.25, 0.3) is 5.69 Å². The van der Waals surface area contributed by atoms with Crippen LogP contribution in [0.15, 0.2) is 59.7 Å². The monoisotopic (exact) mass is 405 g/mol. The van der Waals surface area contributed by atoms with Crippen LogP contribution in [0.5, 0.6) is 5.75 Å². The van der Waals surface area contributed by atoms with E-state index in [1.807, 2.05) is 36.6 Å². The highest BCUT2D eigenvalue weighted by Crippen LogP contribution is 2.20. The SMILES string of the molecule is CCOC(=O)c1ccc(-n2c(C)cc(/C=N/NC(=O)c3ccc(O)cc3)c2C)cc1. The Labute approximate surface area is 174 Å². The number of carbonyl (C=O) groups excluding carboxylic acids is 2. The summed E-state index contributed by atoms with van der Waals surface area (Å²) in [5, 5.41) is 13.3. The zero-order chi connectivity index (χ0) is 21.7. The fourth-order valence-corrected chi connectivity index (χ4v) is 3.11. The first-order chi connectivity index (χ1) is 14.4. The van der Waals surface area contributed by atoms with Crippen molar-refractivity contribution in [3.05, 3.63) is 82.7 Å². The van der Waals surface area contributed by atoms with Crippen molar-refractivity contribution < 1.29 is 19.4 Å². The Morgan fingerprint density at radius 1 is 1.07 bits per heavy atom. The highest BCUT2D eigenvalue weighted by Gasteiger charge is 2.12. The lowest BCUT2D eigenvalue weighted by Crippen LogP contribution is -2.17. The third-order valence-corrected chi connectivity index (χ3v) is 4.61. The second-order valence-corrected chi connectivity index (χ2v) is 6.68. The molecule has 0 aliphatic heterocycles. The summed E-state index contributed by atoms with van der Waals surface area (Å²) in [7, 11) is 0. The van der Waals surface area contributed by atoms with E-state index >= 15 is 0 Å². The number of rotatable bonds is 6. The fourth-order valence-electron chi connectivity index (χ4n) is 3.11. The zero-order valence-corrected chi connectivity index (χ0v) is 17.0. The van der Waals surface area contributed by atoms with Gasteiger partial charge in [-0.2, -0.15) is 5.10 Å². The Kier molecular flexibility index (Phi) is 6.32. The van der Waals surface area contributed by atoms with E-state index in [-0.39, 0.29) is 17.6 Å². The van der Waals surface area contributed by atoms with Crippen molar-refractivity contribution in [2.45, 2.75) is 20.8 Å². The van der Waals surface area contributed by atoms with Crippen LogP contribution in [0.3, 0.4) is 0 Å². The zero-order valence-electron chi connectivity index (χ0n) is 17.0. The van der Waals surface area contributed by atoms with E-state index in [1.54, 1.807) is 25.3 Å². The minimum absolute atomic E-state index is 0.0952. The number of amides is 1. The Morgan fingerprint density at radius 3 is 2.33 bits per heavy atom. The molecule has 2 N–H and O–H groups in total. The van der Waals surface area contributed by atoms with Gasteiger partial charge in [-0.15, -0.1) is 0 Å². The van der Waals surface area contributed by atoms with E-state index < -0.39 is 0 Å². The third-order valence-electron chi connectivity index (χ3n) is 4.61. The van der Waals surface area contributed by atoms with E-state index in [0.717, 1.165) is 22.6 Å². The molecular formula is C23H23N3O4. The summed E-state index contributed by atoms with van der Waals surface area (Å²) in [4.78, 5) is 23.9. The molecule has 0 aliphatic rings. The van der Waals surface area contributed by atoms with Gasteiger partial charge in [-0.1, -0.05) is 0 Å². The molecule has 7 heteroatoms. The van der Waals surface area contributed by atoms with Gasteiger partial charge in [-0.25, -0.2) is 10.2 Å². The number of benzene rings is 2. The van der Waals surface area contributed by atoms with Crippen molar-refractivity contribution in [1.82, 2.24) is 9.99 Å². The standard InChI is InChI=1S/C23H23N3O4/c1-4-30-23(29)18-5-9-20(10-6-18)26-15(2)13-19(16(26)3)14-24-25-22(28)17-7-11-21(27)12-8-17/h5-14,27H,4H2,1-3H3,(H,25,28)/b24-14+. The lowest BCUT2D eigenvalue weighted by molar-refractivity contribution is 0.0526. The number of hydrogen-bond donors (Lipinski definition) is 2. The van der Waals surface area contributed by atoms with Crippen molar-refractivity contribution in [3.63, 3.8) is 0 Å². The van der Waals surface area contributed by atoms with Crippen LogP contribution in [0.2, 0.25) is 0 Å². The number of phenolic OH excluding ortho intramolecular Hbond substituents is 1. The number of hydrazone groups is 1. The van der Waals surface area contributed by atoms with E-state index in [4.69, 9.17) is 4.74 Å². The summed E-state index contributed by atoms with van der Waals surface area (Å²) in [5.41, 5.74) is 7.08. The Hall–Kier alpha value is -3.87. The highest BCUT2D eigenvalue weighted by atomic mass is 16.5. The second-order valence-electron chi connectivity index (χ2n) is 6.68. The van der Waals surface area contributed by atoms with Crippen molar-refractivity contribution in [2.75, 3.05) is 6.61 Å². The maximum Gasteiger partial charge on any atom is 0.338 e. The fraction of sp³-hybridized carbons (Fsp3) is 0.174. The van der Waals surface area contributed by atoms with Crippen LogP contribution in [-0.4, -0.2) is 34.4 Å². The average Bonchev–Trinajstić information content (AvgIpc) is 3.02. The van der Waals surface area contributed by atoms with Crippen LogP contribution in [0.4, 0.5) is 0 Å². The molecule has 0 saturated heterocycles. The Balaban J connectivity index is 1.75. The average molecular weight is 405 g/mol. The van der Waals surface area contributed by atoms with Crippen LogP contribution < -0.4 is 5.43 Å². The minimum atomic E-state index is -0.366. The van der Waals surface area contributed by atoms with Gasteiger partial charge in [0, 0.05) is 28.2 Å². The molecule has 7 nitrogen and oxygen atoms in total. The number of esters is 1. The van der Waals surface area contributed by atoms with E-state index in [1.165, 1.54) is 24.3 Å². The second kappa shape index (κ2) is 9.09. The van der Waals surface area contributed by atoms with Gasteiger partial charge in [-0.3, -0.25) is 4.79 Å². The minimum Gasteiger partial charge on any atom is -0.508 e. The number of aromatic hydroxyl groups is 1. The molecule has 1 heterocycles. The smallest absolute Gasteiger partial charge is 0.338 e.